The molecule has 0 aliphatic heterocycles. The number of nitrogens with zero attached hydrogens (tertiary/aromatic N) is 2. The molecule has 2 aromatic rings. The zero-order valence-corrected chi connectivity index (χ0v) is 24.2. The maximum Gasteiger partial charge on any atom is 0.246 e. The Hall–Kier alpha value is -2.73. The van der Waals surface area contributed by atoms with Crippen LogP contribution in [0.4, 0.5) is 4.39 Å². The number of hydrogen-bond acceptors (Lipinski definition) is 7. The predicted molar refractivity (Wildman–Crippen MR) is 147 cm³/mol. The molecule has 1 fully saturated rings. The van der Waals surface area contributed by atoms with E-state index in [1.165, 1.54) is 55.9 Å². The van der Waals surface area contributed by atoms with Gasteiger partial charge in [0.1, 0.15) is 12.4 Å². The number of carbonyl (C=O) groups is 1. The molecular weight excluding hydrogens is 525 g/mol. The number of benzene rings is 2. The van der Waals surface area contributed by atoms with Crippen molar-refractivity contribution in [1.82, 2.24) is 14.5 Å². The van der Waals surface area contributed by atoms with Crippen molar-refractivity contribution in [2.75, 3.05) is 55.1 Å². The minimum atomic E-state index is -3.77. The molecule has 1 aliphatic carbocycles. The number of sulfonamides is 1. The van der Waals surface area contributed by atoms with Gasteiger partial charge >= 0.3 is 0 Å². The monoisotopic (exact) mass is 565 g/mol. The molecule has 216 valence electrons. The molecule has 3 rings (SSSR count). The minimum Gasteiger partial charge on any atom is -0.493 e. The fourth-order valence-corrected chi connectivity index (χ4v) is 6.31. The Morgan fingerprint density at radius 1 is 1.00 bits per heavy atom. The van der Waals surface area contributed by atoms with Crippen LogP contribution in [0.5, 0.6) is 11.5 Å². The number of likely N-dealkylation sites (N-methyl/N-ethyl adjacent to an activating group) is 1. The van der Waals surface area contributed by atoms with Crippen molar-refractivity contribution in [2.24, 2.45) is 5.92 Å². The summed E-state index contributed by atoms with van der Waals surface area (Å²) in [6.07, 6.45) is 3.61. The fourth-order valence-electron chi connectivity index (χ4n) is 5.14. The Morgan fingerprint density at radius 2 is 1.64 bits per heavy atom. The van der Waals surface area contributed by atoms with Gasteiger partial charge in [-0.15, -0.1) is 0 Å². The molecule has 0 radical (unpaired) electrons. The number of halogens is 1. The molecule has 0 spiro atoms. The van der Waals surface area contributed by atoms with Gasteiger partial charge in [-0.2, -0.15) is 4.31 Å². The summed E-state index contributed by atoms with van der Waals surface area (Å²) >= 11 is 0. The van der Waals surface area contributed by atoms with Crippen LogP contribution in [0.1, 0.15) is 37.3 Å². The van der Waals surface area contributed by atoms with E-state index in [9.17, 15) is 17.6 Å². The topological polar surface area (TPSA) is 97.4 Å². The average molecular weight is 566 g/mol. The lowest BCUT2D eigenvalue weighted by Gasteiger charge is -2.37. The van der Waals surface area contributed by atoms with E-state index in [0.717, 1.165) is 31.2 Å². The molecule has 2 aromatic carbocycles. The zero-order valence-electron chi connectivity index (χ0n) is 23.4. The SMILES string of the molecule is COc1ccc(S(=O)(=O)N(C)CCOCC(=O)NC2CCC(C(c3ccc(F)cc3)N(C)C)CC2)cc1OC. The highest BCUT2D eigenvalue weighted by Crippen LogP contribution is 2.37. The summed E-state index contributed by atoms with van der Waals surface area (Å²) in [5.41, 5.74) is 1.10. The standard InChI is InChI=1S/C28H40FN3O6S/c1-31(2)28(20-6-10-22(29)11-7-20)21-8-12-23(13-9-21)30-27(33)19-38-17-16-32(3)39(34,35)24-14-15-25(36-4)26(18-24)37-5/h6-7,10-11,14-15,18,21,23,28H,8-9,12-13,16-17,19H2,1-5H3,(H,30,33). The van der Waals surface area contributed by atoms with E-state index in [0.29, 0.717) is 17.4 Å². The first kappa shape index (κ1) is 30.8. The van der Waals surface area contributed by atoms with Gasteiger partial charge in [0.05, 0.1) is 25.7 Å². The van der Waals surface area contributed by atoms with Crippen molar-refractivity contribution in [2.45, 2.75) is 42.7 Å². The van der Waals surface area contributed by atoms with Crippen LogP contribution in [0, 0.1) is 11.7 Å². The molecule has 1 aliphatic rings. The van der Waals surface area contributed by atoms with Crippen LogP contribution in [-0.4, -0.2) is 84.7 Å². The number of nitrogens with one attached hydrogen (secondary N) is 1. The van der Waals surface area contributed by atoms with Gasteiger partial charge in [0.15, 0.2) is 11.5 Å². The first-order valence-electron chi connectivity index (χ1n) is 13.0. The molecule has 1 atom stereocenters. The van der Waals surface area contributed by atoms with Gasteiger partial charge in [0.25, 0.3) is 0 Å². The van der Waals surface area contributed by atoms with Crippen molar-refractivity contribution in [3.63, 3.8) is 0 Å². The van der Waals surface area contributed by atoms with Crippen LogP contribution >= 0.6 is 0 Å². The van der Waals surface area contributed by atoms with E-state index in [2.05, 4.69) is 10.2 Å². The summed E-state index contributed by atoms with van der Waals surface area (Å²) in [7, 11) is 4.69. The Labute approximate surface area is 231 Å². The van der Waals surface area contributed by atoms with E-state index >= 15 is 0 Å². The smallest absolute Gasteiger partial charge is 0.246 e. The molecule has 0 aromatic heterocycles. The highest BCUT2D eigenvalue weighted by Gasteiger charge is 2.30. The summed E-state index contributed by atoms with van der Waals surface area (Å²) in [5, 5.41) is 3.04. The van der Waals surface area contributed by atoms with Crippen LogP contribution in [-0.2, 0) is 19.6 Å². The number of rotatable bonds is 13. The third-order valence-corrected chi connectivity index (χ3v) is 9.05. The van der Waals surface area contributed by atoms with E-state index in [-0.39, 0.29) is 48.5 Å². The summed E-state index contributed by atoms with van der Waals surface area (Å²) in [6, 6.07) is 11.4. The van der Waals surface area contributed by atoms with Crippen molar-refractivity contribution in [3.05, 3.63) is 53.8 Å². The van der Waals surface area contributed by atoms with Gasteiger partial charge in [-0.3, -0.25) is 4.79 Å². The van der Waals surface area contributed by atoms with Gasteiger partial charge in [0, 0.05) is 31.7 Å². The third kappa shape index (κ3) is 8.14. The quantitative estimate of drug-likeness (QED) is 0.372. The molecule has 1 unspecified atom stereocenters. The molecule has 0 saturated heterocycles. The lowest BCUT2D eigenvalue weighted by Crippen LogP contribution is -2.41. The molecule has 11 heteroatoms. The molecule has 0 bridgehead atoms. The van der Waals surface area contributed by atoms with Crippen LogP contribution < -0.4 is 14.8 Å². The summed E-state index contributed by atoms with van der Waals surface area (Å²) in [5.74, 6) is 0.717. The van der Waals surface area contributed by atoms with E-state index in [1.807, 2.05) is 26.2 Å². The number of ether oxygens (including phenoxy) is 3. The zero-order chi connectivity index (χ0) is 28.6. The van der Waals surface area contributed by atoms with Crippen molar-refractivity contribution >= 4 is 15.9 Å². The van der Waals surface area contributed by atoms with Gasteiger partial charge in [0.2, 0.25) is 15.9 Å². The molecular formula is C28H40FN3O6S. The first-order chi connectivity index (χ1) is 18.6. The summed E-state index contributed by atoms with van der Waals surface area (Å²) in [4.78, 5) is 14.7. The Kier molecular flexibility index (Phi) is 11.1. The van der Waals surface area contributed by atoms with Crippen LogP contribution in [0.2, 0.25) is 0 Å². The number of methoxy groups -OCH3 is 2. The average Bonchev–Trinajstić information content (AvgIpc) is 2.92. The summed E-state index contributed by atoms with van der Waals surface area (Å²) in [6.45, 7) is 0.0236. The third-order valence-electron chi connectivity index (χ3n) is 7.20. The maximum absolute atomic E-state index is 13.4. The van der Waals surface area contributed by atoms with Gasteiger partial charge in [-0.05, 0) is 75.5 Å². The number of carbonyl (C=O) groups excluding carboxylic acids is 1. The van der Waals surface area contributed by atoms with Crippen LogP contribution in [0.3, 0.4) is 0 Å². The first-order valence-corrected chi connectivity index (χ1v) is 14.5. The second-order valence-corrected chi connectivity index (χ2v) is 12.1. The maximum atomic E-state index is 13.4. The lowest BCUT2D eigenvalue weighted by atomic mass is 9.78. The Balaban J connectivity index is 1.41. The predicted octanol–water partition coefficient (Wildman–Crippen LogP) is 3.46. The van der Waals surface area contributed by atoms with Crippen LogP contribution in [0.15, 0.2) is 47.4 Å². The highest BCUT2D eigenvalue weighted by atomic mass is 32.2. The fraction of sp³-hybridized carbons (Fsp3) is 0.536. The van der Waals surface area contributed by atoms with Crippen LogP contribution in [0.25, 0.3) is 0 Å². The minimum absolute atomic E-state index is 0.0708. The van der Waals surface area contributed by atoms with E-state index in [1.54, 1.807) is 0 Å². The summed E-state index contributed by atoms with van der Waals surface area (Å²) < 4.78 is 56.2. The Bertz CT molecular complexity index is 1180. The van der Waals surface area contributed by atoms with Gasteiger partial charge in [-0.25, -0.2) is 12.8 Å². The Morgan fingerprint density at radius 3 is 2.23 bits per heavy atom. The molecule has 9 nitrogen and oxygen atoms in total. The van der Waals surface area contributed by atoms with E-state index < -0.39 is 10.0 Å². The number of hydrogen-bond donors (Lipinski definition) is 1. The molecule has 1 saturated carbocycles. The molecule has 1 amide bonds. The molecule has 0 heterocycles. The largest absolute Gasteiger partial charge is 0.493 e. The normalized spacial score (nSPS) is 18.7. The second-order valence-electron chi connectivity index (χ2n) is 10.0. The van der Waals surface area contributed by atoms with Gasteiger partial charge in [-0.1, -0.05) is 12.1 Å². The second kappa shape index (κ2) is 14.1. The van der Waals surface area contributed by atoms with Crippen molar-refractivity contribution in [3.8, 4) is 11.5 Å². The van der Waals surface area contributed by atoms with Crippen molar-refractivity contribution in [1.29, 1.82) is 0 Å². The van der Waals surface area contributed by atoms with E-state index in [4.69, 9.17) is 14.2 Å². The number of amides is 1. The molecule has 39 heavy (non-hydrogen) atoms. The highest BCUT2D eigenvalue weighted by molar-refractivity contribution is 7.89. The van der Waals surface area contributed by atoms with Crippen molar-refractivity contribution < 1.29 is 31.8 Å². The van der Waals surface area contributed by atoms with Gasteiger partial charge < -0.3 is 24.4 Å². The lowest BCUT2D eigenvalue weighted by molar-refractivity contribution is -0.126. The molecule has 1 N–H and O–H groups in total.